The van der Waals surface area contributed by atoms with Gasteiger partial charge in [-0.1, -0.05) is 13.3 Å². The van der Waals surface area contributed by atoms with Gasteiger partial charge in [0.05, 0.1) is 0 Å². The van der Waals surface area contributed by atoms with E-state index in [0.29, 0.717) is 18.6 Å². The van der Waals surface area contributed by atoms with Crippen molar-refractivity contribution in [1.82, 2.24) is 20.2 Å². The first-order valence-corrected chi connectivity index (χ1v) is 10.8. The van der Waals surface area contributed by atoms with Crippen LogP contribution >= 0.6 is 0 Å². The van der Waals surface area contributed by atoms with Crippen molar-refractivity contribution in [2.24, 2.45) is 5.92 Å². The monoisotopic (exact) mass is 375 g/mol. The SMILES string of the molecule is CCCc1cnc(C)nc1N1CCC(NCCN2CCC[C@@H](CO)C2)CC1. The van der Waals surface area contributed by atoms with Crippen molar-refractivity contribution in [3.63, 3.8) is 0 Å². The molecule has 0 aromatic carbocycles. The van der Waals surface area contributed by atoms with Crippen LogP contribution in [0, 0.1) is 12.8 Å². The lowest BCUT2D eigenvalue weighted by molar-refractivity contribution is 0.120. The number of hydrogen-bond acceptors (Lipinski definition) is 6. The van der Waals surface area contributed by atoms with Crippen LogP contribution in [0.25, 0.3) is 0 Å². The van der Waals surface area contributed by atoms with E-state index in [2.05, 4.69) is 27.0 Å². The second kappa shape index (κ2) is 10.3. The fourth-order valence-corrected chi connectivity index (χ4v) is 4.43. The van der Waals surface area contributed by atoms with Gasteiger partial charge >= 0.3 is 0 Å². The lowest BCUT2D eigenvalue weighted by atomic mass is 9.99. The first-order valence-electron chi connectivity index (χ1n) is 10.8. The van der Waals surface area contributed by atoms with E-state index in [1.165, 1.54) is 37.8 Å². The molecule has 0 radical (unpaired) electrons. The number of likely N-dealkylation sites (tertiary alicyclic amines) is 1. The van der Waals surface area contributed by atoms with E-state index >= 15 is 0 Å². The predicted molar refractivity (Wildman–Crippen MR) is 110 cm³/mol. The highest BCUT2D eigenvalue weighted by Crippen LogP contribution is 2.23. The molecule has 6 nitrogen and oxygen atoms in total. The first-order chi connectivity index (χ1) is 13.2. The molecule has 0 bridgehead atoms. The topological polar surface area (TPSA) is 64.5 Å². The third-order valence-electron chi connectivity index (χ3n) is 6.00. The van der Waals surface area contributed by atoms with Crippen LogP contribution in [0.4, 0.5) is 5.82 Å². The van der Waals surface area contributed by atoms with Gasteiger partial charge in [0.2, 0.25) is 0 Å². The zero-order valence-corrected chi connectivity index (χ0v) is 17.2. The highest BCUT2D eigenvalue weighted by Gasteiger charge is 2.23. The van der Waals surface area contributed by atoms with Crippen molar-refractivity contribution in [2.75, 3.05) is 50.8 Å². The molecule has 1 atom stereocenters. The Hall–Kier alpha value is -1.24. The maximum Gasteiger partial charge on any atom is 0.135 e. The summed E-state index contributed by atoms with van der Waals surface area (Å²) in [6.07, 6.45) is 8.96. The quantitative estimate of drug-likeness (QED) is 0.725. The molecule has 0 unspecified atom stereocenters. The van der Waals surface area contributed by atoms with E-state index in [1.807, 2.05) is 13.1 Å². The smallest absolute Gasteiger partial charge is 0.135 e. The molecule has 6 heteroatoms. The molecule has 0 saturated carbocycles. The van der Waals surface area contributed by atoms with Crippen LogP contribution in [0.5, 0.6) is 0 Å². The molecule has 152 valence electrons. The number of aliphatic hydroxyl groups is 1. The number of anilines is 1. The van der Waals surface area contributed by atoms with E-state index in [4.69, 9.17) is 4.98 Å². The van der Waals surface area contributed by atoms with E-state index < -0.39 is 0 Å². The molecule has 2 aliphatic heterocycles. The lowest BCUT2D eigenvalue weighted by Crippen LogP contribution is -2.46. The fourth-order valence-electron chi connectivity index (χ4n) is 4.43. The molecular formula is C21H37N5O. The summed E-state index contributed by atoms with van der Waals surface area (Å²) < 4.78 is 0. The van der Waals surface area contributed by atoms with Crippen molar-refractivity contribution in [2.45, 2.75) is 58.4 Å². The van der Waals surface area contributed by atoms with Crippen molar-refractivity contribution in [1.29, 1.82) is 0 Å². The van der Waals surface area contributed by atoms with E-state index in [1.54, 1.807) is 0 Å². The highest BCUT2D eigenvalue weighted by atomic mass is 16.3. The minimum Gasteiger partial charge on any atom is -0.396 e. The summed E-state index contributed by atoms with van der Waals surface area (Å²) in [5.74, 6) is 2.51. The number of aromatic nitrogens is 2. The van der Waals surface area contributed by atoms with Crippen LogP contribution in [0.3, 0.4) is 0 Å². The van der Waals surface area contributed by atoms with Crippen molar-refractivity contribution in [3.05, 3.63) is 17.6 Å². The molecular weight excluding hydrogens is 338 g/mol. The normalized spacial score (nSPS) is 22.3. The second-order valence-corrected chi connectivity index (χ2v) is 8.22. The van der Waals surface area contributed by atoms with E-state index in [0.717, 1.165) is 57.2 Å². The largest absolute Gasteiger partial charge is 0.396 e. The number of piperidine rings is 2. The van der Waals surface area contributed by atoms with Crippen LogP contribution < -0.4 is 10.2 Å². The maximum absolute atomic E-state index is 9.37. The Morgan fingerprint density at radius 3 is 2.78 bits per heavy atom. The Morgan fingerprint density at radius 1 is 1.22 bits per heavy atom. The Bertz CT molecular complexity index is 574. The zero-order valence-electron chi connectivity index (χ0n) is 17.2. The van der Waals surface area contributed by atoms with Crippen LogP contribution in [-0.4, -0.2) is 71.9 Å². The Labute approximate surface area is 164 Å². The maximum atomic E-state index is 9.37. The second-order valence-electron chi connectivity index (χ2n) is 8.22. The number of rotatable bonds is 8. The third-order valence-corrected chi connectivity index (χ3v) is 6.00. The summed E-state index contributed by atoms with van der Waals surface area (Å²) in [4.78, 5) is 14.1. The molecule has 1 aromatic heterocycles. The molecule has 0 spiro atoms. The first kappa shape index (κ1) is 20.5. The van der Waals surface area contributed by atoms with Gasteiger partial charge in [-0.2, -0.15) is 0 Å². The predicted octanol–water partition coefficient (Wildman–Crippen LogP) is 2.00. The van der Waals surface area contributed by atoms with Gasteiger partial charge in [0.25, 0.3) is 0 Å². The average molecular weight is 376 g/mol. The molecule has 0 aliphatic carbocycles. The van der Waals surface area contributed by atoms with E-state index in [9.17, 15) is 5.11 Å². The third kappa shape index (κ3) is 5.87. The minimum atomic E-state index is 0.338. The van der Waals surface area contributed by atoms with Crippen LogP contribution in [-0.2, 0) is 6.42 Å². The Morgan fingerprint density at radius 2 is 2.04 bits per heavy atom. The lowest BCUT2D eigenvalue weighted by Gasteiger charge is -2.35. The summed E-state index contributed by atoms with van der Waals surface area (Å²) in [6, 6.07) is 0.609. The summed E-state index contributed by atoms with van der Waals surface area (Å²) in [5, 5.41) is 13.1. The van der Waals surface area contributed by atoms with Crippen molar-refractivity contribution in [3.8, 4) is 0 Å². The van der Waals surface area contributed by atoms with Crippen LogP contribution in [0.2, 0.25) is 0 Å². The summed E-state index contributed by atoms with van der Waals surface area (Å²) in [5.41, 5.74) is 1.29. The van der Waals surface area contributed by atoms with E-state index in [-0.39, 0.29) is 0 Å². The zero-order chi connectivity index (χ0) is 19.1. The molecule has 0 amide bonds. The number of hydrogen-bond donors (Lipinski definition) is 2. The van der Waals surface area contributed by atoms with Gasteiger partial charge in [0.1, 0.15) is 11.6 Å². The summed E-state index contributed by atoms with van der Waals surface area (Å²) >= 11 is 0. The number of aliphatic hydroxyl groups excluding tert-OH is 1. The Balaban J connectivity index is 1.42. The summed E-state index contributed by atoms with van der Waals surface area (Å²) in [7, 11) is 0. The van der Waals surface area contributed by atoms with Gasteiger partial charge in [-0.25, -0.2) is 9.97 Å². The molecule has 27 heavy (non-hydrogen) atoms. The van der Waals surface area contributed by atoms with Gasteiger partial charge < -0.3 is 20.2 Å². The standard InChI is InChI=1S/C21H37N5O/c1-3-5-19-14-23-17(2)24-21(19)26-11-7-20(8-12-26)22-9-13-25-10-4-6-18(15-25)16-27/h14,18,20,22,27H,3-13,15-16H2,1-2H3/t18-/m1/s1. The van der Waals surface area contributed by atoms with Gasteiger partial charge in [-0.05, 0) is 51.5 Å². The molecule has 1 aromatic rings. The molecule has 2 saturated heterocycles. The minimum absolute atomic E-state index is 0.338. The summed E-state index contributed by atoms with van der Waals surface area (Å²) in [6.45, 7) is 11.1. The number of aryl methyl sites for hydroxylation is 2. The molecule has 2 aliphatic rings. The molecule has 2 N–H and O–H groups in total. The average Bonchev–Trinajstić information content (AvgIpc) is 2.70. The van der Waals surface area contributed by atoms with Gasteiger partial charge in [-0.15, -0.1) is 0 Å². The molecule has 3 heterocycles. The molecule has 2 fully saturated rings. The van der Waals surface area contributed by atoms with Gasteiger partial charge in [0, 0.05) is 57.1 Å². The molecule has 3 rings (SSSR count). The van der Waals surface area contributed by atoms with Crippen molar-refractivity contribution < 1.29 is 5.11 Å². The fraction of sp³-hybridized carbons (Fsp3) is 0.810. The van der Waals surface area contributed by atoms with Crippen molar-refractivity contribution >= 4 is 5.82 Å². The highest BCUT2D eigenvalue weighted by molar-refractivity contribution is 5.46. The van der Waals surface area contributed by atoms with Crippen LogP contribution in [0.15, 0.2) is 6.20 Å². The van der Waals surface area contributed by atoms with Gasteiger partial charge in [-0.3, -0.25) is 0 Å². The van der Waals surface area contributed by atoms with Crippen LogP contribution in [0.1, 0.15) is 50.4 Å². The van der Waals surface area contributed by atoms with Gasteiger partial charge in [0.15, 0.2) is 0 Å². The number of nitrogens with one attached hydrogen (secondary N) is 1. The Kier molecular flexibility index (Phi) is 7.85. The number of nitrogens with zero attached hydrogens (tertiary/aromatic N) is 4.